The number of ether oxygens (including phenoxy) is 1. The smallest absolute Gasteiger partial charge is 0.235 e. The molecular formula is C14H17NO2. The summed E-state index contributed by atoms with van der Waals surface area (Å²) in [5.74, 6) is 0.825. The summed E-state index contributed by atoms with van der Waals surface area (Å²) in [6, 6.07) is 6.06. The van der Waals surface area contributed by atoms with Crippen LogP contribution in [0.5, 0.6) is 5.75 Å². The number of benzene rings is 1. The van der Waals surface area contributed by atoms with Crippen LogP contribution in [0.1, 0.15) is 36.8 Å². The lowest BCUT2D eigenvalue weighted by molar-refractivity contribution is 0.379. The quantitative estimate of drug-likeness (QED) is 0.592. The molecule has 1 aromatic rings. The molecule has 0 saturated heterocycles. The lowest BCUT2D eigenvalue weighted by Gasteiger charge is -2.25. The molecule has 90 valence electrons. The summed E-state index contributed by atoms with van der Waals surface area (Å²) >= 11 is 0. The first-order chi connectivity index (χ1) is 8.22. The van der Waals surface area contributed by atoms with Crippen LogP contribution in [0.3, 0.4) is 0 Å². The van der Waals surface area contributed by atoms with E-state index in [1.165, 1.54) is 0 Å². The zero-order valence-corrected chi connectivity index (χ0v) is 10.3. The maximum atomic E-state index is 10.7. The Morgan fingerprint density at radius 3 is 2.65 bits per heavy atom. The number of carbonyl (C=O) groups excluding carboxylic acids is 1. The molecule has 0 atom stereocenters. The molecule has 2 rings (SSSR count). The van der Waals surface area contributed by atoms with Gasteiger partial charge < -0.3 is 4.74 Å². The lowest BCUT2D eigenvalue weighted by Crippen LogP contribution is -2.20. The second-order valence-electron chi connectivity index (χ2n) is 4.65. The van der Waals surface area contributed by atoms with E-state index in [0.29, 0.717) is 0 Å². The van der Waals surface area contributed by atoms with E-state index in [-0.39, 0.29) is 0 Å². The van der Waals surface area contributed by atoms with E-state index in [1.54, 1.807) is 13.2 Å². The van der Waals surface area contributed by atoms with Gasteiger partial charge in [0.05, 0.1) is 7.11 Å². The fourth-order valence-corrected chi connectivity index (χ4v) is 2.67. The minimum absolute atomic E-state index is 0.402. The molecule has 1 aromatic carbocycles. The van der Waals surface area contributed by atoms with Crippen LogP contribution in [0.4, 0.5) is 0 Å². The van der Waals surface area contributed by atoms with Crippen LogP contribution in [0.15, 0.2) is 23.2 Å². The van der Waals surface area contributed by atoms with Crippen molar-refractivity contribution in [2.45, 2.75) is 38.1 Å². The zero-order valence-electron chi connectivity index (χ0n) is 10.3. The van der Waals surface area contributed by atoms with Crippen LogP contribution in [-0.4, -0.2) is 13.2 Å². The summed E-state index contributed by atoms with van der Waals surface area (Å²) in [5, 5.41) is 0. The first-order valence-electron chi connectivity index (χ1n) is 5.96. The molecule has 0 bridgehead atoms. The highest BCUT2D eigenvalue weighted by Crippen LogP contribution is 2.45. The van der Waals surface area contributed by atoms with Crippen molar-refractivity contribution >= 4 is 6.08 Å². The van der Waals surface area contributed by atoms with Gasteiger partial charge in [-0.1, -0.05) is 25.0 Å². The lowest BCUT2D eigenvalue weighted by atomic mass is 9.87. The van der Waals surface area contributed by atoms with Gasteiger partial charge in [-0.3, -0.25) is 0 Å². The maximum Gasteiger partial charge on any atom is 0.235 e. The van der Waals surface area contributed by atoms with E-state index in [1.807, 2.05) is 25.1 Å². The molecule has 1 aliphatic rings. The van der Waals surface area contributed by atoms with Crippen molar-refractivity contribution in [2.75, 3.05) is 7.11 Å². The average Bonchev–Trinajstić information content (AvgIpc) is 2.79. The fraction of sp³-hybridized carbons (Fsp3) is 0.500. The number of rotatable bonds is 3. The number of aryl methyl sites for hydroxylation is 1. The van der Waals surface area contributed by atoms with Crippen LogP contribution in [0.25, 0.3) is 0 Å². The highest BCUT2D eigenvalue weighted by atomic mass is 16.5. The number of aliphatic imine (C=N–C) groups is 1. The second-order valence-corrected chi connectivity index (χ2v) is 4.65. The zero-order chi connectivity index (χ0) is 12.3. The summed E-state index contributed by atoms with van der Waals surface area (Å²) < 4.78 is 5.42. The van der Waals surface area contributed by atoms with Gasteiger partial charge >= 0.3 is 0 Å². The minimum atomic E-state index is -0.402. The molecule has 0 amide bonds. The van der Waals surface area contributed by atoms with Gasteiger partial charge in [0.1, 0.15) is 11.3 Å². The van der Waals surface area contributed by atoms with Gasteiger partial charge in [0.2, 0.25) is 6.08 Å². The minimum Gasteiger partial charge on any atom is -0.496 e. The van der Waals surface area contributed by atoms with Gasteiger partial charge in [-0.25, -0.2) is 4.79 Å². The monoisotopic (exact) mass is 231 g/mol. The Bertz CT molecular complexity index is 455. The molecule has 17 heavy (non-hydrogen) atoms. The molecule has 1 aliphatic carbocycles. The van der Waals surface area contributed by atoms with E-state index in [4.69, 9.17) is 4.74 Å². The Hall–Kier alpha value is -1.60. The fourth-order valence-electron chi connectivity index (χ4n) is 2.67. The molecule has 0 aliphatic heterocycles. The standard InChI is InChI=1S/C14H17NO2/c1-11-5-6-12(13(9-11)17-2)14(15-10-16)7-3-4-8-14/h5-6,9H,3-4,7-8H2,1-2H3. The van der Waals surface area contributed by atoms with Gasteiger partial charge in [-0.05, 0) is 31.4 Å². The maximum absolute atomic E-state index is 10.7. The Morgan fingerprint density at radius 2 is 2.06 bits per heavy atom. The van der Waals surface area contributed by atoms with Gasteiger partial charge in [0, 0.05) is 5.56 Å². The first-order valence-corrected chi connectivity index (χ1v) is 5.96. The van der Waals surface area contributed by atoms with E-state index >= 15 is 0 Å². The number of methoxy groups -OCH3 is 1. The Morgan fingerprint density at radius 1 is 1.35 bits per heavy atom. The van der Waals surface area contributed by atoms with Crippen LogP contribution in [0, 0.1) is 6.92 Å². The van der Waals surface area contributed by atoms with Crippen LogP contribution in [0.2, 0.25) is 0 Å². The van der Waals surface area contributed by atoms with Crippen molar-refractivity contribution in [3.05, 3.63) is 29.3 Å². The van der Waals surface area contributed by atoms with Crippen molar-refractivity contribution in [2.24, 2.45) is 4.99 Å². The highest BCUT2D eigenvalue weighted by molar-refractivity contribution is 5.46. The van der Waals surface area contributed by atoms with Gasteiger partial charge in [-0.15, -0.1) is 0 Å². The predicted octanol–water partition coefficient (Wildman–Crippen LogP) is 3.11. The van der Waals surface area contributed by atoms with E-state index in [9.17, 15) is 4.79 Å². The number of nitrogens with zero attached hydrogens (tertiary/aromatic N) is 1. The number of isocyanates is 1. The van der Waals surface area contributed by atoms with Crippen LogP contribution >= 0.6 is 0 Å². The van der Waals surface area contributed by atoms with Gasteiger partial charge in [-0.2, -0.15) is 4.99 Å². The largest absolute Gasteiger partial charge is 0.496 e. The van der Waals surface area contributed by atoms with Crippen molar-refractivity contribution in [3.63, 3.8) is 0 Å². The molecule has 1 saturated carbocycles. The summed E-state index contributed by atoms with van der Waals surface area (Å²) in [5.41, 5.74) is 1.76. The normalized spacial score (nSPS) is 17.5. The van der Waals surface area contributed by atoms with Crippen LogP contribution < -0.4 is 4.74 Å². The molecule has 0 aromatic heterocycles. The highest BCUT2D eigenvalue weighted by Gasteiger charge is 2.37. The van der Waals surface area contributed by atoms with Crippen molar-refractivity contribution in [1.29, 1.82) is 0 Å². The Balaban J connectivity index is 2.53. The Kier molecular flexibility index (Phi) is 3.30. The number of hydrogen-bond donors (Lipinski definition) is 0. The Labute approximate surface area is 102 Å². The third-order valence-electron chi connectivity index (χ3n) is 3.55. The van der Waals surface area contributed by atoms with E-state index in [0.717, 1.165) is 42.6 Å². The van der Waals surface area contributed by atoms with Crippen LogP contribution in [-0.2, 0) is 10.3 Å². The van der Waals surface area contributed by atoms with E-state index in [2.05, 4.69) is 4.99 Å². The summed E-state index contributed by atoms with van der Waals surface area (Å²) in [6.45, 7) is 2.02. The summed E-state index contributed by atoms with van der Waals surface area (Å²) in [4.78, 5) is 14.8. The topological polar surface area (TPSA) is 38.7 Å². The molecule has 0 radical (unpaired) electrons. The van der Waals surface area contributed by atoms with Gasteiger partial charge in [0.25, 0.3) is 0 Å². The molecule has 3 nitrogen and oxygen atoms in total. The third kappa shape index (κ3) is 2.11. The molecule has 3 heteroatoms. The molecule has 0 N–H and O–H groups in total. The number of hydrogen-bond acceptors (Lipinski definition) is 3. The van der Waals surface area contributed by atoms with Crippen molar-refractivity contribution in [3.8, 4) is 5.75 Å². The summed E-state index contributed by atoms with van der Waals surface area (Å²) in [6.07, 6.45) is 5.74. The van der Waals surface area contributed by atoms with Gasteiger partial charge in [0.15, 0.2) is 0 Å². The average molecular weight is 231 g/mol. The molecule has 0 unspecified atom stereocenters. The SMILES string of the molecule is COc1cc(C)ccc1C1(N=C=O)CCCC1. The van der Waals surface area contributed by atoms with Crippen molar-refractivity contribution in [1.82, 2.24) is 0 Å². The molecule has 0 heterocycles. The third-order valence-corrected chi connectivity index (χ3v) is 3.55. The molecular weight excluding hydrogens is 214 g/mol. The molecule has 0 spiro atoms. The summed E-state index contributed by atoms with van der Waals surface area (Å²) in [7, 11) is 1.66. The van der Waals surface area contributed by atoms with E-state index < -0.39 is 5.54 Å². The van der Waals surface area contributed by atoms with Crippen molar-refractivity contribution < 1.29 is 9.53 Å². The first kappa shape index (κ1) is 11.9. The second kappa shape index (κ2) is 4.72. The molecule has 1 fully saturated rings. The predicted molar refractivity (Wildman–Crippen MR) is 66.0 cm³/mol.